The molecule has 1 heterocycles. The Labute approximate surface area is 187 Å². The van der Waals surface area contributed by atoms with Crippen LogP contribution in [0.2, 0.25) is 0 Å². The summed E-state index contributed by atoms with van der Waals surface area (Å²) in [5, 5.41) is 7.66. The van der Waals surface area contributed by atoms with Gasteiger partial charge in [-0.05, 0) is 48.4 Å². The first-order valence-electron chi connectivity index (χ1n) is 10.7. The lowest BCUT2D eigenvalue weighted by Crippen LogP contribution is -2.25. The van der Waals surface area contributed by atoms with Crippen molar-refractivity contribution in [3.63, 3.8) is 0 Å². The Morgan fingerprint density at radius 3 is 2.50 bits per heavy atom. The van der Waals surface area contributed by atoms with Crippen molar-refractivity contribution in [2.45, 2.75) is 19.8 Å². The molecule has 0 bridgehead atoms. The highest BCUT2D eigenvalue weighted by atomic mass is 16.5. The van der Waals surface area contributed by atoms with Crippen LogP contribution < -0.4 is 10.1 Å². The van der Waals surface area contributed by atoms with E-state index in [1.807, 2.05) is 78.3 Å². The summed E-state index contributed by atoms with van der Waals surface area (Å²) in [6.07, 6.45) is 1.51. The number of rotatable bonds is 8. The third kappa shape index (κ3) is 4.86. The van der Waals surface area contributed by atoms with Gasteiger partial charge in [-0.3, -0.25) is 4.79 Å². The fourth-order valence-electron chi connectivity index (χ4n) is 3.46. The second kappa shape index (κ2) is 9.92. The fraction of sp³-hybridized carbons (Fsp3) is 0.192. The predicted molar refractivity (Wildman–Crippen MR) is 125 cm³/mol. The van der Waals surface area contributed by atoms with Gasteiger partial charge in [0.2, 0.25) is 0 Å². The number of aromatic nitrogens is 3. The zero-order chi connectivity index (χ0) is 22.3. The molecule has 6 heteroatoms. The molecule has 3 aromatic carbocycles. The van der Waals surface area contributed by atoms with Crippen molar-refractivity contribution in [3.8, 4) is 22.8 Å². The van der Waals surface area contributed by atoms with E-state index in [0.717, 1.165) is 35.7 Å². The van der Waals surface area contributed by atoms with E-state index in [9.17, 15) is 4.79 Å². The molecule has 32 heavy (non-hydrogen) atoms. The van der Waals surface area contributed by atoms with Gasteiger partial charge in [-0.15, -0.1) is 0 Å². The number of benzene rings is 3. The monoisotopic (exact) mass is 426 g/mol. The van der Waals surface area contributed by atoms with Crippen LogP contribution in [0.3, 0.4) is 0 Å². The summed E-state index contributed by atoms with van der Waals surface area (Å²) in [6, 6.07) is 25.3. The topological polar surface area (TPSA) is 69.0 Å². The van der Waals surface area contributed by atoms with Gasteiger partial charge in [-0.1, -0.05) is 49.4 Å². The molecule has 0 saturated heterocycles. The normalized spacial score (nSPS) is 10.7. The number of methoxy groups -OCH3 is 1. The molecular weight excluding hydrogens is 400 g/mol. The van der Waals surface area contributed by atoms with Crippen molar-refractivity contribution >= 4 is 5.91 Å². The van der Waals surface area contributed by atoms with Crippen LogP contribution in [0.15, 0.2) is 78.9 Å². The molecule has 0 radical (unpaired) electrons. The first-order chi connectivity index (χ1) is 15.7. The zero-order valence-corrected chi connectivity index (χ0v) is 18.3. The molecule has 0 atom stereocenters. The molecule has 0 saturated carbocycles. The third-order valence-corrected chi connectivity index (χ3v) is 5.21. The molecule has 0 spiro atoms. The van der Waals surface area contributed by atoms with Gasteiger partial charge >= 0.3 is 0 Å². The van der Waals surface area contributed by atoms with E-state index in [0.29, 0.717) is 17.9 Å². The maximum Gasteiger partial charge on any atom is 0.251 e. The molecule has 1 N–H and O–H groups in total. The van der Waals surface area contributed by atoms with Crippen molar-refractivity contribution in [1.82, 2.24) is 20.1 Å². The summed E-state index contributed by atoms with van der Waals surface area (Å²) in [5.41, 5.74) is 3.51. The Kier molecular flexibility index (Phi) is 6.60. The lowest BCUT2D eigenvalue weighted by atomic mass is 10.1. The van der Waals surface area contributed by atoms with E-state index in [-0.39, 0.29) is 5.91 Å². The van der Waals surface area contributed by atoms with Crippen molar-refractivity contribution < 1.29 is 9.53 Å². The van der Waals surface area contributed by atoms with Crippen molar-refractivity contribution in [2.24, 2.45) is 0 Å². The minimum absolute atomic E-state index is 0.103. The summed E-state index contributed by atoms with van der Waals surface area (Å²) in [4.78, 5) is 17.4. The quantitative estimate of drug-likeness (QED) is 0.451. The molecule has 4 aromatic rings. The number of aryl methyl sites for hydroxylation is 1. The van der Waals surface area contributed by atoms with Crippen molar-refractivity contribution in [1.29, 1.82) is 0 Å². The Morgan fingerprint density at radius 1 is 1.00 bits per heavy atom. The second-order valence-corrected chi connectivity index (χ2v) is 7.39. The number of carbonyl (C=O) groups excluding carboxylic acids is 1. The molecule has 1 aromatic heterocycles. The predicted octanol–water partition coefficient (Wildman–Crippen LogP) is 4.48. The lowest BCUT2D eigenvalue weighted by Gasteiger charge is -2.09. The van der Waals surface area contributed by atoms with Crippen LogP contribution in [0.25, 0.3) is 17.1 Å². The van der Waals surface area contributed by atoms with Gasteiger partial charge in [0, 0.05) is 24.1 Å². The molecule has 4 rings (SSSR count). The van der Waals surface area contributed by atoms with Crippen LogP contribution in [0.5, 0.6) is 5.75 Å². The van der Waals surface area contributed by atoms with Crippen LogP contribution in [0.4, 0.5) is 0 Å². The Bertz CT molecular complexity index is 1180. The highest BCUT2D eigenvalue weighted by molar-refractivity contribution is 5.95. The summed E-state index contributed by atoms with van der Waals surface area (Å²) >= 11 is 0. The first kappa shape index (κ1) is 21.3. The Balaban J connectivity index is 1.56. The van der Waals surface area contributed by atoms with Crippen molar-refractivity contribution in [3.05, 3.63) is 95.8 Å². The van der Waals surface area contributed by atoms with Crippen molar-refractivity contribution in [2.75, 3.05) is 13.7 Å². The highest BCUT2D eigenvalue weighted by Crippen LogP contribution is 2.24. The van der Waals surface area contributed by atoms with E-state index in [1.54, 1.807) is 7.11 Å². The third-order valence-electron chi connectivity index (χ3n) is 5.21. The molecule has 162 valence electrons. The summed E-state index contributed by atoms with van der Waals surface area (Å²) in [6.45, 7) is 2.60. The minimum atomic E-state index is -0.103. The van der Waals surface area contributed by atoms with E-state index in [4.69, 9.17) is 9.72 Å². The largest absolute Gasteiger partial charge is 0.497 e. The van der Waals surface area contributed by atoms with E-state index in [2.05, 4.69) is 22.5 Å². The van der Waals surface area contributed by atoms with Crippen LogP contribution >= 0.6 is 0 Å². The molecule has 0 aliphatic rings. The van der Waals surface area contributed by atoms with Gasteiger partial charge in [0.25, 0.3) is 5.91 Å². The van der Waals surface area contributed by atoms with Gasteiger partial charge < -0.3 is 10.1 Å². The molecule has 0 unspecified atom stereocenters. The number of ether oxygens (including phenoxy) is 1. The van der Waals surface area contributed by atoms with E-state index >= 15 is 0 Å². The highest BCUT2D eigenvalue weighted by Gasteiger charge is 2.15. The number of hydrogen-bond donors (Lipinski definition) is 1. The molecule has 0 fully saturated rings. The average molecular weight is 427 g/mol. The lowest BCUT2D eigenvalue weighted by molar-refractivity contribution is 0.0954. The van der Waals surface area contributed by atoms with Crippen LogP contribution in [-0.2, 0) is 12.8 Å². The smallest absolute Gasteiger partial charge is 0.251 e. The minimum Gasteiger partial charge on any atom is -0.497 e. The van der Waals surface area contributed by atoms with Gasteiger partial charge in [-0.2, -0.15) is 5.10 Å². The van der Waals surface area contributed by atoms with Gasteiger partial charge in [-0.25, -0.2) is 9.67 Å². The molecule has 0 aliphatic heterocycles. The Morgan fingerprint density at radius 2 is 1.78 bits per heavy atom. The number of nitrogens with zero attached hydrogens (tertiary/aromatic N) is 3. The van der Waals surface area contributed by atoms with E-state index < -0.39 is 0 Å². The number of carbonyl (C=O) groups is 1. The molecular formula is C26H26N4O2. The van der Waals surface area contributed by atoms with Crippen LogP contribution in [-0.4, -0.2) is 34.3 Å². The summed E-state index contributed by atoms with van der Waals surface area (Å²) in [5.74, 6) is 2.12. The number of hydrogen-bond acceptors (Lipinski definition) is 4. The van der Waals surface area contributed by atoms with Gasteiger partial charge in [0.15, 0.2) is 11.6 Å². The standard InChI is InChI=1S/C26H26N4O2/c1-3-24-28-25(30(29-24)22-12-14-23(32-2)15-13-22)20-10-7-11-21(18-20)26(31)27-17-16-19-8-5-4-6-9-19/h4-15,18H,3,16-17H2,1-2H3,(H,27,31). The van der Waals surface area contributed by atoms with E-state index in [1.165, 1.54) is 5.56 Å². The Hall–Kier alpha value is -3.93. The zero-order valence-electron chi connectivity index (χ0n) is 18.3. The second-order valence-electron chi connectivity index (χ2n) is 7.39. The summed E-state index contributed by atoms with van der Waals surface area (Å²) < 4.78 is 7.07. The fourth-order valence-corrected chi connectivity index (χ4v) is 3.46. The summed E-state index contributed by atoms with van der Waals surface area (Å²) in [7, 11) is 1.64. The molecule has 0 aliphatic carbocycles. The van der Waals surface area contributed by atoms with Gasteiger partial charge in [0.05, 0.1) is 12.8 Å². The first-order valence-corrected chi connectivity index (χ1v) is 10.7. The number of nitrogens with one attached hydrogen (secondary N) is 1. The average Bonchev–Trinajstić information content (AvgIpc) is 3.29. The maximum atomic E-state index is 12.7. The molecule has 6 nitrogen and oxygen atoms in total. The van der Waals surface area contributed by atoms with Crippen LogP contribution in [0, 0.1) is 0 Å². The maximum absolute atomic E-state index is 12.7. The SMILES string of the molecule is CCc1nc(-c2cccc(C(=O)NCCc3ccccc3)c2)n(-c2ccc(OC)cc2)n1. The molecule has 1 amide bonds. The number of amides is 1. The van der Waals surface area contributed by atoms with Gasteiger partial charge in [0.1, 0.15) is 5.75 Å². The van der Waals surface area contributed by atoms with Crippen LogP contribution in [0.1, 0.15) is 28.7 Å².